The number of rotatable bonds is 14. The van der Waals surface area contributed by atoms with Gasteiger partial charge < -0.3 is 31.6 Å². The highest BCUT2D eigenvalue weighted by Gasteiger charge is 2.29. The number of thioether (sulfide) groups is 4. The topological polar surface area (TPSA) is 245 Å². The summed E-state index contributed by atoms with van der Waals surface area (Å²) in [6, 6.07) is -0.699. The van der Waals surface area contributed by atoms with Crippen molar-refractivity contribution in [3.05, 3.63) is 0 Å². The van der Waals surface area contributed by atoms with Crippen LogP contribution in [0, 0.1) is 0 Å². The van der Waals surface area contributed by atoms with Crippen molar-refractivity contribution in [2.75, 3.05) is 48.0 Å². The summed E-state index contributed by atoms with van der Waals surface area (Å²) in [4.78, 5) is 28.0. The SMILES string of the molecule is CC(C)(C)NC(=O)OCC(NNS(=O)(=O)CN)C1SCCCS1.CC(C)(C)NC(=O)OCC(NNS(=O)(=O)CN)C1SCCCS1. The summed E-state index contributed by atoms with van der Waals surface area (Å²) in [5, 5.41) is 5.40. The molecule has 2 atom stereocenters. The van der Waals surface area contributed by atoms with Crippen molar-refractivity contribution < 1.29 is 35.9 Å². The zero-order chi connectivity index (χ0) is 35.0. The minimum Gasteiger partial charge on any atom is -0.448 e. The normalized spacial score (nSPS) is 18.4. The Hall–Kier alpha value is -0.400. The van der Waals surface area contributed by atoms with E-state index in [1.54, 1.807) is 47.0 Å². The Morgan fingerprint density at radius 2 is 0.978 bits per heavy atom. The van der Waals surface area contributed by atoms with Gasteiger partial charge in [-0.25, -0.2) is 37.3 Å². The number of hydrazine groups is 2. The lowest BCUT2D eigenvalue weighted by Gasteiger charge is -2.30. The molecule has 16 nitrogen and oxygen atoms in total. The van der Waals surface area contributed by atoms with Gasteiger partial charge in [-0.1, -0.05) is 0 Å². The van der Waals surface area contributed by atoms with E-state index in [0.29, 0.717) is 0 Å². The number of carbonyl (C=O) groups is 2. The van der Waals surface area contributed by atoms with E-state index in [-0.39, 0.29) is 34.5 Å². The van der Waals surface area contributed by atoms with Crippen LogP contribution in [0.25, 0.3) is 0 Å². The second kappa shape index (κ2) is 21.0. The molecular weight excluding hydrogens is 721 g/mol. The van der Waals surface area contributed by atoms with Gasteiger partial charge >= 0.3 is 12.2 Å². The van der Waals surface area contributed by atoms with Crippen LogP contribution < -0.4 is 42.6 Å². The van der Waals surface area contributed by atoms with Gasteiger partial charge in [-0.05, 0) is 77.4 Å². The molecule has 2 rings (SSSR count). The molecule has 0 aromatic rings. The van der Waals surface area contributed by atoms with E-state index in [9.17, 15) is 26.4 Å². The maximum atomic E-state index is 11.8. The molecule has 22 heteroatoms. The third kappa shape index (κ3) is 20.9. The Balaban J connectivity index is 0.000000460. The molecule has 10 N–H and O–H groups in total. The van der Waals surface area contributed by atoms with Crippen LogP contribution in [-0.2, 0) is 29.5 Å². The van der Waals surface area contributed by atoms with Crippen LogP contribution in [0.3, 0.4) is 0 Å². The molecule has 0 spiro atoms. The van der Waals surface area contributed by atoms with Crippen molar-refractivity contribution in [2.45, 2.75) is 86.7 Å². The van der Waals surface area contributed by atoms with Gasteiger partial charge in [-0.15, -0.1) is 56.7 Å². The number of amides is 2. The average molecular weight is 773 g/mol. The third-order valence-electron chi connectivity index (χ3n) is 5.34. The van der Waals surface area contributed by atoms with Crippen molar-refractivity contribution in [2.24, 2.45) is 11.5 Å². The number of sulfonamides is 2. The summed E-state index contributed by atoms with van der Waals surface area (Å²) in [6.07, 6.45) is 1.16. The van der Waals surface area contributed by atoms with E-state index in [4.69, 9.17) is 20.9 Å². The first kappa shape index (κ1) is 43.6. The number of carbonyl (C=O) groups excluding carboxylic acids is 2. The van der Waals surface area contributed by atoms with Crippen LogP contribution in [-0.4, -0.2) is 109 Å². The highest BCUT2D eigenvalue weighted by molar-refractivity contribution is 8.18. The standard InChI is InChI=1S/2C12H26N4O4S3/c2*1-12(2,3)14-11(17)20-7-9(10-21-5-4-6-22-10)15-16-23(18,19)8-13/h2*9-10,15-16H,4-8,13H2,1-3H3,(H,14,17). The summed E-state index contributed by atoms with van der Waals surface area (Å²) >= 11 is 6.87. The van der Waals surface area contributed by atoms with E-state index in [1.807, 2.05) is 41.5 Å². The number of nitrogens with two attached hydrogens (primary N) is 2. The molecule has 0 aliphatic carbocycles. The summed E-state index contributed by atoms with van der Waals surface area (Å²) in [5.74, 6) is 2.95. The summed E-state index contributed by atoms with van der Waals surface area (Å²) < 4.78 is 56.6. The lowest BCUT2D eigenvalue weighted by molar-refractivity contribution is 0.126. The second-order valence-electron chi connectivity index (χ2n) is 12.1. The van der Waals surface area contributed by atoms with Gasteiger partial charge in [0.25, 0.3) is 0 Å². The molecular formula is C24H52N8O8S6. The van der Waals surface area contributed by atoms with Crippen molar-refractivity contribution in [3.8, 4) is 0 Å². The smallest absolute Gasteiger partial charge is 0.407 e. The average Bonchev–Trinajstić information content (AvgIpc) is 2.96. The summed E-state index contributed by atoms with van der Waals surface area (Å²) in [7, 11) is -7.16. The molecule has 2 aliphatic rings. The lowest BCUT2D eigenvalue weighted by atomic mass is 10.1. The van der Waals surface area contributed by atoms with Gasteiger partial charge in [-0.3, -0.25) is 0 Å². The van der Waals surface area contributed by atoms with Crippen LogP contribution in [0.5, 0.6) is 0 Å². The summed E-state index contributed by atoms with van der Waals surface area (Å²) in [5.41, 5.74) is 15.0. The molecule has 0 radical (unpaired) electrons. The van der Waals surface area contributed by atoms with Gasteiger partial charge in [0.2, 0.25) is 20.0 Å². The Morgan fingerprint density at radius 3 is 1.24 bits per heavy atom. The van der Waals surface area contributed by atoms with Crippen molar-refractivity contribution in [1.29, 1.82) is 0 Å². The van der Waals surface area contributed by atoms with Crippen molar-refractivity contribution >= 4 is 79.3 Å². The predicted octanol–water partition coefficient (Wildman–Crippen LogP) is 0.832. The van der Waals surface area contributed by atoms with Crippen LogP contribution in [0.2, 0.25) is 0 Å². The number of hydrogen-bond acceptors (Lipinski definition) is 16. The quantitative estimate of drug-likeness (QED) is 0.114. The molecule has 0 aromatic heterocycles. The molecule has 0 bridgehead atoms. The molecule has 2 heterocycles. The number of nitrogens with one attached hydrogen (secondary N) is 6. The first-order valence-electron chi connectivity index (χ1n) is 14.5. The molecule has 0 saturated carbocycles. The Labute approximate surface area is 291 Å². The fraction of sp³-hybridized carbons (Fsp3) is 0.917. The molecule has 272 valence electrons. The third-order valence-corrected chi connectivity index (χ3v) is 13.4. The fourth-order valence-electron chi connectivity index (χ4n) is 3.28. The molecule has 2 amide bonds. The zero-order valence-electron chi connectivity index (χ0n) is 27.3. The molecule has 2 saturated heterocycles. The Morgan fingerprint density at radius 1 is 0.674 bits per heavy atom. The Bertz CT molecular complexity index is 1040. The zero-order valence-corrected chi connectivity index (χ0v) is 32.1. The van der Waals surface area contributed by atoms with Crippen LogP contribution in [0.4, 0.5) is 9.59 Å². The molecule has 2 fully saturated rings. The van der Waals surface area contributed by atoms with Gasteiger partial charge in [0.1, 0.15) is 25.0 Å². The highest BCUT2D eigenvalue weighted by Crippen LogP contribution is 2.34. The molecule has 0 aromatic carbocycles. The van der Waals surface area contributed by atoms with Gasteiger partial charge in [-0.2, -0.15) is 0 Å². The van der Waals surface area contributed by atoms with Crippen molar-refractivity contribution in [3.63, 3.8) is 0 Å². The van der Waals surface area contributed by atoms with E-state index in [2.05, 4.69) is 31.1 Å². The lowest BCUT2D eigenvalue weighted by Crippen LogP contribution is -2.53. The van der Waals surface area contributed by atoms with Crippen LogP contribution >= 0.6 is 47.0 Å². The predicted molar refractivity (Wildman–Crippen MR) is 191 cm³/mol. The van der Waals surface area contributed by atoms with Crippen LogP contribution in [0.15, 0.2) is 0 Å². The van der Waals surface area contributed by atoms with Crippen molar-refractivity contribution in [1.82, 2.24) is 31.1 Å². The number of ether oxygens (including phenoxy) is 2. The monoisotopic (exact) mass is 772 g/mol. The fourth-order valence-corrected chi connectivity index (χ4v) is 10.1. The first-order valence-corrected chi connectivity index (χ1v) is 22.0. The van der Waals surface area contributed by atoms with Gasteiger partial charge in [0.15, 0.2) is 0 Å². The first-order chi connectivity index (χ1) is 21.3. The van der Waals surface area contributed by atoms with E-state index < -0.39 is 55.1 Å². The number of hydrogen-bond donors (Lipinski definition) is 8. The highest BCUT2D eigenvalue weighted by atomic mass is 32.2. The minimum atomic E-state index is -3.58. The van der Waals surface area contributed by atoms with Crippen LogP contribution in [0.1, 0.15) is 54.4 Å². The number of alkyl carbamates (subject to hydrolysis) is 2. The maximum Gasteiger partial charge on any atom is 0.407 e. The van der Waals surface area contributed by atoms with E-state index >= 15 is 0 Å². The van der Waals surface area contributed by atoms with Gasteiger partial charge in [0, 0.05) is 11.1 Å². The molecule has 2 unspecified atom stereocenters. The second-order valence-corrected chi connectivity index (χ2v) is 21.3. The largest absolute Gasteiger partial charge is 0.448 e. The molecule has 46 heavy (non-hydrogen) atoms. The Kier molecular flexibility index (Phi) is 19.9. The van der Waals surface area contributed by atoms with Gasteiger partial charge in [0.05, 0.1) is 21.2 Å². The minimum absolute atomic E-state index is 0.0552. The van der Waals surface area contributed by atoms with E-state index in [1.165, 1.54) is 0 Å². The summed E-state index contributed by atoms with van der Waals surface area (Å²) in [6.45, 7) is 11.2. The maximum absolute atomic E-state index is 11.8. The molecule has 2 aliphatic heterocycles. The van der Waals surface area contributed by atoms with E-state index in [0.717, 1.165) is 35.9 Å².